The van der Waals surface area contributed by atoms with E-state index in [2.05, 4.69) is 19.2 Å². The van der Waals surface area contributed by atoms with Gasteiger partial charge in [0.2, 0.25) is 5.95 Å². The van der Waals surface area contributed by atoms with Crippen molar-refractivity contribution in [2.75, 3.05) is 26.1 Å². The van der Waals surface area contributed by atoms with Crippen molar-refractivity contribution in [3.8, 4) is 28.6 Å². The van der Waals surface area contributed by atoms with Crippen molar-refractivity contribution in [1.29, 1.82) is 0 Å². The molecule has 1 atom stereocenters. The molecular formula is C27H30N4O4. The van der Waals surface area contributed by atoms with E-state index in [-0.39, 0.29) is 11.2 Å². The maximum absolute atomic E-state index is 13.5. The molecule has 3 aromatic rings. The van der Waals surface area contributed by atoms with E-state index in [0.717, 1.165) is 34.6 Å². The Balaban J connectivity index is 1.65. The number of aromatic nitrogens is 3. The van der Waals surface area contributed by atoms with E-state index < -0.39 is 6.04 Å². The molecule has 1 N–H and O–H groups in total. The minimum Gasteiger partial charge on any atom is -0.497 e. The van der Waals surface area contributed by atoms with Crippen LogP contribution in [0.4, 0.5) is 5.95 Å². The molecule has 1 aliphatic heterocycles. The Morgan fingerprint density at radius 3 is 2.51 bits per heavy atom. The quantitative estimate of drug-likeness (QED) is 0.537. The summed E-state index contributed by atoms with van der Waals surface area (Å²) in [6, 6.07) is 13.0. The molecule has 0 amide bonds. The van der Waals surface area contributed by atoms with E-state index in [1.54, 1.807) is 14.2 Å². The molecule has 1 aliphatic carbocycles. The third kappa shape index (κ3) is 4.13. The molecule has 2 heterocycles. The summed E-state index contributed by atoms with van der Waals surface area (Å²) in [6.07, 6.45) is 1.23. The number of fused-ring (bicyclic) bond motifs is 1. The van der Waals surface area contributed by atoms with Crippen molar-refractivity contribution in [2.45, 2.75) is 39.7 Å². The van der Waals surface area contributed by atoms with Gasteiger partial charge >= 0.3 is 0 Å². The molecule has 1 aromatic heterocycles. The number of methoxy groups -OCH3 is 2. The third-order valence-corrected chi connectivity index (χ3v) is 6.48. The van der Waals surface area contributed by atoms with Gasteiger partial charge in [0.25, 0.3) is 0 Å². The second kappa shape index (κ2) is 8.76. The number of carbonyl (C=O) groups is 1. The highest BCUT2D eigenvalue weighted by molar-refractivity contribution is 6.00. The first-order chi connectivity index (χ1) is 16.8. The average molecular weight is 475 g/mol. The molecule has 8 heteroatoms. The monoisotopic (exact) mass is 474 g/mol. The number of ketones is 1. The number of hydrogen-bond donors (Lipinski definition) is 1. The normalized spacial score (nSPS) is 18.4. The van der Waals surface area contributed by atoms with Crippen LogP contribution in [-0.4, -0.2) is 41.4 Å². The van der Waals surface area contributed by atoms with Crippen LogP contribution in [0, 0.1) is 5.41 Å². The molecule has 0 spiro atoms. The van der Waals surface area contributed by atoms with Gasteiger partial charge in [0.1, 0.15) is 11.8 Å². The fraction of sp³-hybridized carbons (Fsp3) is 0.370. The molecule has 0 fully saturated rings. The summed E-state index contributed by atoms with van der Waals surface area (Å²) in [7, 11) is 3.25. The predicted molar refractivity (Wildman–Crippen MR) is 133 cm³/mol. The summed E-state index contributed by atoms with van der Waals surface area (Å²) in [5.74, 6) is 3.35. The number of nitrogens with one attached hydrogen (secondary N) is 1. The molecule has 182 valence electrons. The second-order valence-electron chi connectivity index (χ2n) is 9.64. The van der Waals surface area contributed by atoms with Crippen molar-refractivity contribution < 1.29 is 19.0 Å². The summed E-state index contributed by atoms with van der Waals surface area (Å²) in [4.78, 5) is 18.3. The molecule has 35 heavy (non-hydrogen) atoms. The lowest BCUT2D eigenvalue weighted by atomic mass is 9.73. The van der Waals surface area contributed by atoms with Crippen LogP contribution in [0.5, 0.6) is 17.2 Å². The number of Topliss-reactive ketones (excluding diaryl/α,β-unsaturated/α-hetero) is 1. The van der Waals surface area contributed by atoms with Gasteiger partial charge in [-0.2, -0.15) is 4.98 Å². The first-order valence-electron chi connectivity index (χ1n) is 11.8. The van der Waals surface area contributed by atoms with Crippen LogP contribution >= 0.6 is 0 Å². The maximum Gasteiger partial charge on any atom is 0.226 e. The van der Waals surface area contributed by atoms with Gasteiger partial charge in [-0.3, -0.25) is 4.79 Å². The molecule has 0 bridgehead atoms. The molecule has 0 saturated heterocycles. The lowest BCUT2D eigenvalue weighted by Gasteiger charge is -2.38. The first-order valence-corrected chi connectivity index (χ1v) is 11.8. The Hall–Kier alpha value is -3.81. The van der Waals surface area contributed by atoms with Crippen molar-refractivity contribution >= 4 is 11.7 Å². The summed E-state index contributed by atoms with van der Waals surface area (Å²) < 4.78 is 18.4. The zero-order chi connectivity index (χ0) is 24.7. The van der Waals surface area contributed by atoms with Crippen LogP contribution in [0.25, 0.3) is 11.4 Å². The van der Waals surface area contributed by atoms with Crippen LogP contribution in [0.1, 0.15) is 45.2 Å². The fourth-order valence-corrected chi connectivity index (χ4v) is 4.91. The van der Waals surface area contributed by atoms with E-state index >= 15 is 0 Å². The number of allylic oxidation sites excluding steroid dienone is 2. The van der Waals surface area contributed by atoms with Gasteiger partial charge in [-0.25, -0.2) is 4.68 Å². The van der Waals surface area contributed by atoms with Crippen LogP contribution in [0.15, 0.2) is 53.7 Å². The van der Waals surface area contributed by atoms with Gasteiger partial charge in [-0.1, -0.05) is 19.9 Å². The van der Waals surface area contributed by atoms with Gasteiger partial charge in [0.15, 0.2) is 23.1 Å². The van der Waals surface area contributed by atoms with E-state index in [0.29, 0.717) is 36.3 Å². The van der Waals surface area contributed by atoms with Gasteiger partial charge in [0.05, 0.1) is 20.8 Å². The Kier molecular flexibility index (Phi) is 5.75. The molecule has 0 saturated carbocycles. The Bertz CT molecular complexity index is 1310. The highest BCUT2D eigenvalue weighted by Gasteiger charge is 2.42. The number of rotatable bonds is 6. The fourth-order valence-electron chi connectivity index (χ4n) is 4.91. The van der Waals surface area contributed by atoms with Crippen molar-refractivity contribution in [3.05, 3.63) is 59.3 Å². The lowest BCUT2D eigenvalue weighted by Crippen LogP contribution is -2.36. The van der Waals surface area contributed by atoms with Crippen LogP contribution in [-0.2, 0) is 4.79 Å². The third-order valence-electron chi connectivity index (χ3n) is 6.48. The summed E-state index contributed by atoms with van der Waals surface area (Å²) in [5.41, 5.74) is 3.26. The molecule has 5 rings (SSSR count). The standard InChI is InChI=1S/C27H30N4O4/c1-6-35-21-12-9-17(13-22(21)34-5)24-23-19(14-27(2,3)15-20(23)32)28-26-29-25(30-31(24)26)16-7-10-18(33-4)11-8-16/h7-13,24H,6,14-15H2,1-5H3,(H,28,29,30). The Morgan fingerprint density at radius 2 is 1.83 bits per heavy atom. The maximum atomic E-state index is 13.5. The number of hydrogen-bond acceptors (Lipinski definition) is 7. The predicted octanol–water partition coefficient (Wildman–Crippen LogP) is 5.02. The number of ether oxygens (including phenoxy) is 3. The highest BCUT2D eigenvalue weighted by atomic mass is 16.5. The molecule has 2 aliphatic rings. The summed E-state index contributed by atoms with van der Waals surface area (Å²) in [5, 5.41) is 8.28. The number of nitrogens with zero attached hydrogens (tertiary/aromatic N) is 3. The Morgan fingerprint density at radius 1 is 1.06 bits per heavy atom. The van der Waals surface area contributed by atoms with E-state index in [4.69, 9.17) is 24.3 Å². The minimum absolute atomic E-state index is 0.119. The van der Waals surface area contributed by atoms with Crippen LogP contribution < -0.4 is 19.5 Å². The van der Waals surface area contributed by atoms with Gasteiger partial charge < -0.3 is 19.5 Å². The van der Waals surface area contributed by atoms with Crippen molar-refractivity contribution in [3.63, 3.8) is 0 Å². The zero-order valence-corrected chi connectivity index (χ0v) is 20.7. The first kappa shape index (κ1) is 23.0. The van der Waals surface area contributed by atoms with Gasteiger partial charge in [0, 0.05) is 23.3 Å². The smallest absolute Gasteiger partial charge is 0.226 e. The lowest BCUT2D eigenvalue weighted by molar-refractivity contribution is -0.118. The van der Waals surface area contributed by atoms with Crippen LogP contribution in [0.2, 0.25) is 0 Å². The molecule has 8 nitrogen and oxygen atoms in total. The van der Waals surface area contributed by atoms with Crippen molar-refractivity contribution in [1.82, 2.24) is 14.8 Å². The number of benzene rings is 2. The van der Waals surface area contributed by atoms with E-state index in [1.807, 2.05) is 54.1 Å². The SMILES string of the molecule is CCOc1ccc(C2C3=C(CC(C)(C)CC3=O)Nc3nc(-c4ccc(OC)cc4)nn32)cc1OC. The summed E-state index contributed by atoms with van der Waals surface area (Å²) >= 11 is 0. The topological polar surface area (TPSA) is 87.5 Å². The number of carbonyl (C=O) groups excluding carboxylic acids is 1. The van der Waals surface area contributed by atoms with Crippen molar-refractivity contribution in [2.24, 2.45) is 5.41 Å². The van der Waals surface area contributed by atoms with Crippen LogP contribution in [0.3, 0.4) is 0 Å². The molecule has 1 unspecified atom stereocenters. The molecular weight excluding hydrogens is 444 g/mol. The largest absolute Gasteiger partial charge is 0.497 e. The zero-order valence-electron chi connectivity index (χ0n) is 20.7. The molecule has 0 radical (unpaired) electrons. The summed E-state index contributed by atoms with van der Waals surface area (Å²) in [6.45, 7) is 6.70. The van der Waals surface area contributed by atoms with E-state index in [9.17, 15) is 4.79 Å². The Labute approximate surface area is 204 Å². The second-order valence-corrected chi connectivity index (χ2v) is 9.64. The average Bonchev–Trinajstić information content (AvgIpc) is 3.26. The van der Waals surface area contributed by atoms with Gasteiger partial charge in [-0.05, 0) is 60.7 Å². The highest BCUT2D eigenvalue weighted by Crippen LogP contribution is 2.46. The van der Waals surface area contributed by atoms with E-state index in [1.165, 1.54) is 0 Å². The minimum atomic E-state index is -0.422. The number of anilines is 1. The molecule has 2 aromatic carbocycles. The van der Waals surface area contributed by atoms with Gasteiger partial charge in [-0.15, -0.1) is 5.10 Å².